The van der Waals surface area contributed by atoms with Gasteiger partial charge in [0.2, 0.25) is 0 Å². The van der Waals surface area contributed by atoms with E-state index in [4.69, 9.17) is 9.73 Å². The molecule has 1 heterocycles. The number of morpholine rings is 1. The number of hydrogen-bond donors (Lipinski definition) is 2. The lowest BCUT2D eigenvalue weighted by Gasteiger charge is -2.35. The van der Waals surface area contributed by atoms with Gasteiger partial charge in [0.05, 0.1) is 18.8 Å². The Balaban J connectivity index is 0.00000420. The fourth-order valence-corrected chi connectivity index (χ4v) is 4.00. The largest absolute Gasteiger partial charge is 0.373 e. The zero-order valence-electron chi connectivity index (χ0n) is 18.4. The molecule has 0 aromatic heterocycles. The van der Waals surface area contributed by atoms with E-state index in [1.54, 1.807) is 0 Å². The lowest BCUT2D eigenvalue weighted by molar-refractivity contribution is -0.0704. The highest BCUT2D eigenvalue weighted by molar-refractivity contribution is 14.0. The first-order valence-corrected chi connectivity index (χ1v) is 12.0. The highest BCUT2D eigenvalue weighted by Gasteiger charge is 2.21. The first-order valence-electron chi connectivity index (χ1n) is 10.6. The van der Waals surface area contributed by atoms with Crippen LogP contribution in [-0.2, 0) is 17.8 Å². The summed E-state index contributed by atoms with van der Waals surface area (Å²) < 4.78 is 5.83. The number of nitrogens with zero attached hydrogens (tertiary/aromatic N) is 2. The molecule has 0 amide bonds. The molecule has 1 aromatic rings. The number of halogens is 1. The van der Waals surface area contributed by atoms with Gasteiger partial charge < -0.3 is 15.4 Å². The standard InChI is InChI=1S/C22H38N4OS.HI/c1-5-23-22(24-12-6-7-13-28-4)25-14-20-8-10-21(11-9-20)17-26-15-18(2)27-19(3)16-26;/h8-11,18-19H,5-7,12-17H2,1-4H3,(H2,23,24,25);1H. The predicted octanol–water partition coefficient (Wildman–Crippen LogP) is 4.11. The third-order valence-electron chi connectivity index (χ3n) is 4.76. The third-order valence-corrected chi connectivity index (χ3v) is 5.45. The molecule has 1 fully saturated rings. The molecule has 1 saturated heterocycles. The number of guanidine groups is 1. The number of rotatable bonds is 10. The molecule has 2 rings (SSSR count). The smallest absolute Gasteiger partial charge is 0.191 e. The molecule has 0 spiro atoms. The molecule has 0 bridgehead atoms. The molecule has 166 valence electrons. The fraction of sp³-hybridized carbons (Fsp3) is 0.682. The van der Waals surface area contributed by atoms with Gasteiger partial charge in [0, 0.05) is 32.7 Å². The van der Waals surface area contributed by atoms with Gasteiger partial charge in [-0.15, -0.1) is 24.0 Å². The second kappa shape index (κ2) is 15.3. The van der Waals surface area contributed by atoms with Gasteiger partial charge in [-0.3, -0.25) is 4.90 Å². The molecule has 1 aliphatic heterocycles. The molecule has 0 aliphatic carbocycles. The lowest BCUT2D eigenvalue weighted by Crippen LogP contribution is -2.44. The SMILES string of the molecule is CCNC(=NCc1ccc(CN2CC(C)OC(C)C2)cc1)NCCCCSC.I. The Morgan fingerprint density at radius 3 is 2.38 bits per heavy atom. The average molecular weight is 535 g/mol. The number of benzene rings is 1. The molecule has 1 aromatic carbocycles. The van der Waals surface area contributed by atoms with E-state index < -0.39 is 0 Å². The molecule has 0 saturated carbocycles. The van der Waals surface area contributed by atoms with Crippen molar-refractivity contribution in [1.82, 2.24) is 15.5 Å². The Morgan fingerprint density at radius 1 is 1.10 bits per heavy atom. The summed E-state index contributed by atoms with van der Waals surface area (Å²) in [6.45, 7) is 12.0. The molecular weight excluding hydrogens is 495 g/mol. The molecule has 1 aliphatic rings. The maximum atomic E-state index is 5.83. The van der Waals surface area contributed by atoms with E-state index in [9.17, 15) is 0 Å². The van der Waals surface area contributed by atoms with Crippen molar-refractivity contribution in [3.8, 4) is 0 Å². The lowest BCUT2D eigenvalue weighted by atomic mass is 10.1. The van der Waals surface area contributed by atoms with Crippen LogP contribution in [-0.4, -0.2) is 61.3 Å². The van der Waals surface area contributed by atoms with Gasteiger partial charge in [0.25, 0.3) is 0 Å². The maximum absolute atomic E-state index is 5.83. The van der Waals surface area contributed by atoms with Crippen molar-refractivity contribution in [3.05, 3.63) is 35.4 Å². The van der Waals surface area contributed by atoms with E-state index in [2.05, 4.69) is 66.8 Å². The van der Waals surface area contributed by atoms with E-state index >= 15 is 0 Å². The van der Waals surface area contributed by atoms with Gasteiger partial charge in [0.15, 0.2) is 5.96 Å². The van der Waals surface area contributed by atoms with Crippen LogP contribution in [0.2, 0.25) is 0 Å². The van der Waals surface area contributed by atoms with Crippen LogP contribution < -0.4 is 10.6 Å². The highest BCUT2D eigenvalue weighted by atomic mass is 127. The van der Waals surface area contributed by atoms with Gasteiger partial charge in [-0.1, -0.05) is 24.3 Å². The normalized spacial score (nSPS) is 20.2. The molecule has 7 heteroatoms. The molecular formula is C22H39IN4OS. The number of unbranched alkanes of at least 4 members (excludes halogenated alkanes) is 1. The summed E-state index contributed by atoms with van der Waals surface area (Å²) in [5, 5.41) is 6.77. The van der Waals surface area contributed by atoms with E-state index in [0.29, 0.717) is 18.8 Å². The number of ether oxygens (including phenoxy) is 1. The van der Waals surface area contributed by atoms with Crippen LogP contribution in [0, 0.1) is 0 Å². The minimum Gasteiger partial charge on any atom is -0.373 e. The van der Waals surface area contributed by atoms with Crippen LogP contribution in [0.25, 0.3) is 0 Å². The Kier molecular flexibility index (Phi) is 14.0. The van der Waals surface area contributed by atoms with Gasteiger partial charge in [0.1, 0.15) is 0 Å². The number of nitrogens with one attached hydrogen (secondary N) is 2. The molecule has 29 heavy (non-hydrogen) atoms. The molecule has 2 unspecified atom stereocenters. The van der Waals surface area contributed by atoms with E-state index in [-0.39, 0.29) is 24.0 Å². The molecule has 2 atom stereocenters. The first-order chi connectivity index (χ1) is 13.6. The summed E-state index contributed by atoms with van der Waals surface area (Å²) in [7, 11) is 0. The number of hydrogen-bond acceptors (Lipinski definition) is 4. The Hall–Kier alpha value is -0.510. The topological polar surface area (TPSA) is 48.9 Å². The van der Waals surface area contributed by atoms with Crippen LogP contribution in [0.3, 0.4) is 0 Å². The van der Waals surface area contributed by atoms with Gasteiger partial charge in [-0.05, 0) is 56.7 Å². The van der Waals surface area contributed by atoms with Crippen molar-refractivity contribution in [2.75, 3.05) is 38.2 Å². The zero-order valence-corrected chi connectivity index (χ0v) is 21.6. The van der Waals surface area contributed by atoms with Crippen LogP contribution in [0.15, 0.2) is 29.3 Å². The minimum atomic E-state index is 0. The number of aliphatic imine (C=N–C) groups is 1. The predicted molar refractivity (Wildman–Crippen MR) is 138 cm³/mol. The maximum Gasteiger partial charge on any atom is 0.191 e. The number of thioether (sulfide) groups is 1. The monoisotopic (exact) mass is 534 g/mol. The van der Waals surface area contributed by atoms with Crippen molar-refractivity contribution < 1.29 is 4.74 Å². The summed E-state index contributed by atoms with van der Waals surface area (Å²) in [6, 6.07) is 8.87. The Bertz CT molecular complexity index is 575. The van der Waals surface area contributed by atoms with Crippen molar-refractivity contribution in [1.29, 1.82) is 0 Å². The molecule has 2 N–H and O–H groups in total. The quantitative estimate of drug-likeness (QED) is 0.205. The molecule has 0 radical (unpaired) electrons. The summed E-state index contributed by atoms with van der Waals surface area (Å²) in [5.74, 6) is 2.14. The minimum absolute atomic E-state index is 0. The van der Waals surface area contributed by atoms with Crippen molar-refractivity contribution in [2.45, 2.75) is 58.9 Å². The van der Waals surface area contributed by atoms with E-state index in [0.717, 1.165) is 38.7 Å². The van der Waals surface area contributed by atoms with Gasteiger partial charge in [-0.2, -0.15) is 11.8 Å². The summed E-state index contributed by atoms with van der Waals surface area (Å²) in [5.41, 5.74) is 2.60. The van der Waals surface area contributed by atoms with E-state index in [1.807, 2.05) is 11.8 Å². The second-order valence-electron chi connectivity index (χ2n) is 7.59. The summed E-state index contributed by atoms with van der Waals surface area (Å²) in [4.78, 5) is 7.21. The van der Waals surface area contributed by atoms with Gasteiger partial charge in [-0.25, -0.2) is 4.99 Å². The summed E-state index contributed by atoms with van der Waals surface area (Å²) in [6.07, 6.45) is 5.21. The average Bonchev–Trinajstić information content (AvgIpc) is 2.66. The Morgan fingerprint density at radius 2 is 1.76 bits per heavy atom. The Labute approximate surface area is 198 Å². The molecule has 5 nitrogen and oxygen atoms in total. The first kappa shape index (κ1) is 26.5. The van der Waals surface area contributed by atoms with Crippen molar-refractivity contribution >= 4 is 41.7 Å². The van der Waals surface area contributed by atoms with Crippen LogP contribution >= 0.6 is 35.7 Å². The van der Waals surface area contributed by atoms with Crippen LogP contribution in [0.1, 0.15) is 44.7 Å². The highest BCUT2D eigenvalue weighted by Crippen LogP contribution is 2.15. The fourth-order valence-electron chi connectivity index (χ4n) is 3.51. The van der Waals surface area contributed by atoms with Crippen molar-refractivity contribution in [2.24, 2.45) is 4.99 Å². The zero-order chi connectivity index (χ0) is 20.2. The van der Waals surface area contributed by atoms with Crippen LogP contribution in [0.4, 0.5) is 0 Å². The third kappa shape index (κ3) is 10.9. The summed E-state index contributed by atoms with van der Waals surface area (Å²) >= 11 is 1.91. The van der Waals surface area contributed by atoms with E-state index in [1.165, 1.54) is 29.7 Å². The van der Waals surface area contributed by atoms with Crippen LogP contribution in [0.5, 0.6) is 0 Å². The second-order valence-corrected chi connectivity index (χ2v) is 8.58. The van der Waals surface area contributed by atoms with Crippen molar-refractivity contribution in [3.63, 3.8) is 0 Å². The van der Waals surface area contributed by atoms with Gasteiger partial charge >= 0.3 is 0 Å².